The first-order valence-electron chi connectivity index (χ1n) is 5.84. The number of hydrogen-bond donors (Lipinski definition) is 2. The standard InChI is InChI=1S/C12H19N3O2S/c1-3-6-13-12(14-7-4-2)15-9-11-5-8-18(16,17)10-11/h1,4,11H,2,5-10H2,(H2,13,14,15). The minimum Gasteiger partial charge on any atom is -0.353 e. The molecule has 1 fully saturated rings. The van der Waals surface area contributed by atoms with Crippen LogP contribution in [0.4, 0.5) is 0 Å². The molecule has 0 aromatic carbocycles. The average Bonchev–Trinajstić information content (AvgIpc) is 2.68. The molecule has 2 N–H and O–H groups in total. The quantitative estimate of drug-likeness (QED) is 0.313. The van der Waals surface area contributed by atoms with Gasteiger partial charge in [0.1, 0.15) is 0 Å². The summed E-state index contributed by atoms with van der Waals surface area (Å²) in [6.07, 6.45) is 7.57. The lowest BCUT2D eigenvalue weighted by Gasteiger charge is -2.10. The summed E-state index contributed by atoms with van der Waals surface area (Å²) in [4.78, 5) is 4.33. The van der Waals surface area contributed by atoms with Crippen molar-refractivity contribution in [2.75, 3.05) is 31.1 Å². The fourth-order valence-electron chi connectivity index (χ4n) is 1.71. The normalized spacial score (nSPS) is 22.2. The van der Waals surface area contributed by atoms with E-state index < -0.39 is 9.84 Å². The molecule has 1 unspecified atom stereocenters. The summed E-state index contributed by atoms with van der Waals surface area (Å²) in [5.41, 5.74) is 0. The Hall–Kier alpha value is -1.48. The number of hydrogen-bond acceptors (Lipinski definition) is 3. The highest BCUT2D eigenvalue weighted by molar-refractivity contribution is 7.91. The van der Waals surface area contributed by atoms with Crippen molar-refractivity contribution < 1.29 is 8.42 Å². The zero-order chi connectivity index (χ0) is 13.4. The van der Waals surface area contributed by atoms with Gasteiger partial charge in [-0.3, -0.25) is 4.99 Å². The van der Waals surface area contributed by atoms with Crippen LogP contribution in [-0.4, -0.2) is 45.5 Å². The van der Waals surface area contributed by atoms with E-state index in [1.54, 1.807) is 6.08 Å². The number of aliphatic imine (C=N–C) groups is 1. The molecule has 0 saturated carbocycles. The van der Waals surface area contributed by atoms with E-state index in [9.17, 15) is 8.42 Å². The van der Waals surface area contributed by atoms with Crippen molar-refractivity contribution in [1.82, 2.24) is 10.6 Å². The van der Waals surface area contributed by atoms with E-state index in [1.807, 2.05) is 0 Å². The summed E-state index contributed by atoms with van der Waals surface area (Å²) in [5, 5.41) is 5.98. The van der Waals surface area contributed by atoms with Gasteiger partial charge in [-0.2, -0.15) is 0 Å². The third-order valence-corrected chi connectivity index (χ3v) is 4.44. The Labute approximate surface area is 109 Å². The Morgan fingerprint density at radius 3 is 2.89 bits per heavy atom. The average molecular weight is 269 g/mol. The van der Waals surface area contributed by atoms with Crippen LogP contribution >= 0.6 is 0 Å². The van der Waals surface area contributed by atoms with Crippen LogP contribution in [-0.2, 0) is 9.84 Å². The van der Waals surface area contributed by atoms with E-state index in [-0.39, 0.29) is 17.4 Å². The van der Waals surface area contributed by atoms with E-state index in [4.69, 9.17) is 6.42 Å². The molecular formula is C12H19N3O2S. The third kappa shape index (κ3) is 5.23. The summed E-state index contributed by atoms with van der Waals surface area (Å²) >= 11 is 0. The van der Waals surface area contributed by atoms with Gasteiger partial charge in [0.2, 0.25) is 0 Å². The predicted octanol–water partition coefficient (Wildman–Crippen LogP) is -0.224. The molecule has 1 aliphatic rings. The van der Waals surface area contributed by atoms with E-state index in [0.29, 0.717) is 32.0 Å². The van der Waals surface area contributed by atoms with Gasteiger partial charge in [-0.25, -0.2) is 8.42 Å². The summed E-state index contributed by atoms with van der Waals surface area (Å²) in [7, 11) is -2.84. The zero-order valence-corrected chi connectivity index (χ0v) is 11.2. The molecule has 6 heteroatoms. The predicted molar refractivity (Wildman–Crippen MR) is 74.1 cm³/mol. The van der Waals surface area contributed by atoms with Gasteiger partial charge < -0.3 is 10.6 Å². The molecule has 1 aliphatic heterocycles. The van der Waals surface area contributed by atoms with Gasteiger partial charge >= 0.3 is 0 Å². The number of guanidine groups is 1. The molecule has 0 aliphatic carbocycles. The van der Waals surface area contributed by atoms with Crippen LogP contribution in [0.2, 0.25) is 0 Å². The smallest absolute Gasteiger partial charge is 0.192 e. The Bertz CT molecular complexity index is 448. The van der Waals surface area contributed by atoms with Gasteiger partial charge in [0.05, 0.1) is 18.1 Å². The molecular weight excluding hydrogens is 250 g/mol. The zero-order valence-electron chi connectivity index (χ0n) is 10.4. The Morgan fingerprint density at radius 2 is 2.33 bits per heavy atom. The SMILES string of the molecule is C#CCNC(=NCC1CCS(=O)(=O)C1)NCC=C. The molecule has 5 nitrogen and oxygen atoms in total. The number of rotatable bonds is 5. The Morgan fingerprint density at radius 1 is 1.56 bits per heavy atom. The van der Waals surface area contributed by atoms with Crippen molar-refractivity contribution in [3.63, 3.8) is 0 Å². The second kappa shape index (κ2) is 7.07. The molecule has 1 rings (SSSR count). The highest BCUT2D eigenvalue weighted by Gasteiger charge is 2.27. The van der Waals surface area contributed by atoms with Crippen LogP contribution in [0.25, 0.3) is 0 Å². The van der Waals surface area contributed by atoms with Gasteiger partial charge in [-0.1, -0.05) is 12.0 Å². The summed E-state index contributed by atoms with van der Waals surface area (Å²) in [6.45, 7) is 5.06. The maximum absolute atomic E-state index is 11.3. The third-order valence-electron chi connectivity index (χ3n) is 2.61. The van der Waals surface area contributed by atoms with Gasteiger partial charge in [0, 0.05) is 13.1 Å². The van der Waals surface area contributed by atoms with Gasteiger partial charge in [-0.15, -0.1) is 13.0 Å². The molecule has 0 aromatic heterocycles. The molecule has 100 valence electrons. The van der Waals surface area contributed by atoms with Crippen LogP contribution in [0.5, 0.6) is 0 Å². The lowest BCUT2D eigenvalue weighted by atomic mass is 10.1. The lowest BCUT2D eigenvalue weighted by molar-refractivity contribution is 0.590. The fraction of sp³-hybridized carbons (Fsp3) is 0.583. The second-order valence-corrected chi connectivity index (χ2v) is 6.41. The van der Waals surface area contributed by atoms with E-state index >= 15 is 0 Å². The number of nitrogens with zero attached hydrogens (tertiary/aromatic N) is 1. The fourth-order valence-corrected chi connectivity index (χ4v) is 3.56. The van der Waals surface area contributed by atoms with Gasteiger partial charge in [0.25, 0.3) is 0 Å². The van der Waals surface area contributed by atoms with Crippen molar-refractivity contribution in [2.24, 2.45) is 10.9 Å². The van der Waals surface area contributed by atoms with E-state index in [1.165, 1.54) is 0 Å². The first-order chi connectivity index (χ1) is 8.57. The monoisotopic (exact) mass is 269 g/mol. The first kappa shape index (κ1) is 14.6. The molecule has 0 spiro atoms. The summed E-state index contributed by atoms with van der Waals surface area (Å²) < 4.78 is 22.6. The number of nitrogens with one attached hydrogen (secondary N) is 2. The number of sulfone groups is 1. The van der Waals surface area contributed by atoms with Crippen LogP contribution in [0.1, 0.15) is 6.42 Å². The topological polar surface area (TPSA) is 70.6 Å². The van der Waals surface area contributed by atoms with Crippen molar-refractivity contribution in [3.8, 4) is 12.3 Å². The minimum absolute atomic E-state index is 0.114. The Kier molecular flexibility index (Phi) is 5.72. The molecule has 1 heterocycles. The largest absolute Gasteiger partial charge is 0.353 e. The molecule has 0 amide bonds. The second-order valence-electron chi connectivity index (χ2n) is 4.19. The van der Waals surface area contributed by atoms with Crippen molar-refractivity contribution >= 4 is 15.8 Å². The van der Waals surface area contributed by atoms with Crippen LogP contribution in [0, 0.1) is 18.3 Å². The van der Waals surface area contributed by atoms with Crippen molar-refractivity contribution in [2.45, 2.75) is 6.42 Å². The lowest BCUT2D eigenvalue weighted by Crippen LogP contribution is -2.38. The molecule has 0 aromatic rings. The molecule has 0 bridgehead atoms. The minimum atomic E-state index is -2.84. The highest BCUT2D eigenvalue weighted by atomic mass is 32.2. The molecule has 0 radical (unpaired) electrons. The van der Waals surface area contributed by atoms with E-state index in [2.05, 4.69) is 28.1 Å². The van der Waals surface area contributed by atoms with Crippen LogP contribution in [0.15, 0.2) is 17.6 Å². The van der Waals surface area contributed by atoms with Gasteiger partial charge in [-0.05, 0) is 12.3 Å². The molecule has 1 atom stereocenters. The van der Waals surface area contributed by atoms with Gasteiger partial charge in [0.15, 0.2) is 15.8 Å². The maximum atomic E-state index is 11.3. The maximum Gasteiger partial charge on any atom is 0.192 e. The summed E-state index contributed by atoms with van der Waals surface area (Å²) in [6, 6.07) is 0. The molecule has 18 heavy (non-hydrogen) atoms. The Balaban J connectivity index is 2.49. The van der Waals surface area contributed by atoms with Crippen molar-refractivity contribution in [1.29, 1.82) is 0 Å². The number of terminal acetylenes is 1. The molecule has 1 saturated heterocycles. The van der Waals surface area contributed by atoms with Crippen LogP contribution in [0.3, 0.4) is 0 Å². The first-order valence-corrected chi connectivity index (χ1v) is 7.66. The highest BCUT2D eigenvalue weighted by Crippen LogP contribution is 2.18. The van der Waals surface area contributed by atoms with E-state index in [0.717, 1.165) is 0 Å². The van der Waals surface area contributed by atoms with Crippen LogP contribution < -0.4 is 10.6 Å². The van der Waals surface area contributed by atoms with Crippen molar-refractivity contribution in [3.05, 3.63) is 12.7 Å². The summed E-state index contributed by atoms with van der Waals surface area (Å²) in [5.74, 6) is 3.69.